The van der Waals surface area contributed by atoms with Gasteiger partial charge in [-0.05, 0) is 0 Å². The Morgan fingerprint density at radius 2 is 1.93 bits per heavy atom. The van der Waals surface area contributed by atoms with Crippen LogP contribution >= 0.6 is 0 Å². The second-order valence-electron chi connectivity index (χ2n) is 6.65. The van der Waals surface area contributed by atoms with Crippen LogP contribution in [0.4, 0.5) is 4.39 Å². The van der Waals surface area contributed by atoms with Crippen molar-refractivity contribution in [2.75, 3.05) is 19.9 Å². The van der Waals surface area contributed by atoms with E-state index in [1.54, 1.807) is 0 Å². The SMILES string of the molecule is O=c1ccn([C@@H]2O[C@H](CO[C@H]3O[C@@H](CO)[C@H](O)[C@H]3O)[C@@H](O)[C@]2(O)CF)c(=O)[nH]1. The van der Waals surface area contributed by atoms with E-state index in [1.807, 2.05) is 4.98 Å². The van der Waals surface area contributed by atoms with Crippen LogP contribution in [-0.2, 0) is 14.2 Å². The zero-order chi connectivity index (χ0) is 20.6. The summed E-state index contributed by atoms with van der Waals surface area (Å²) in [5.74, 6) is 0. The molecule has 0 aliphatic carbocycles. The highest BCUT2D eigenvalue weighted by molar-refractivity contribution is 5.03. The molecular formula is C15H21FN2O10. The zero-order valence-electron chi connectivity index (χ0n) is 14.4. The van der Waals surface area contributed by atoms with Gasteiger partial charge in [0.05, 0.1) is 13.2 Å². The van der Waals surface area contributed by atoms with Gasteiger partial charge in [0.2, 0.25) is 0 Å². The molecule has 28 heavy (non-hydrogen) atoms. The van der Waals surface area contributed by atoms with Crippen LogP contribution in [0.5, 0.6) is 0 Å². The molecule has 2 fully saturated rings. The van der Waals surface area contributed by atoms with E-state index in [9.17, 15) is 34.4 Å². The van der Waals surface area contributed by atoms with E-state index in [4.69, 9.17) is 19.3 Å². The molecule has 0 amide bonds. The number of hydrogen-bond acceptors (Lipinski definition) is 10. The largest absolute Gasteiger partial charge is 0.394 e. The van der Waals surface area contributed by atoms with Crippen molar-refractivity contribution in [1.29, 1.82) is 0 Å². The summed E-state index contributed by atoms with van der Waals surface area (Å²) in [6.07, 6.45) is -9.21. The topological polar surface area (TPSA) is 184 Å². The summed E-state index contributed by atoms with van der Waals surface area (Å²) in [6, 6.07) is 0.957. The van der Waals surface area contributed by atoms with Gasteiger partial charge in [-0.2, -0.15) is 0 Å². The molecule has 0 spiro atoms. The lowest BCUT2D eigenvalue weighted by Crippen LogP contribution is -2.51. The summed E-state index contributed by atoms with van der Waals surface area (Å²) >= 11 is 0. The van der Waals surface area contributed by atoms with Crippen molar-refractivity contribution in [3.63, 3.8) is 0 Å². The maximum atomic E-state index is 13.6. The molecule has 3 heterocycles. The number of ether oxygens (including phenoxy) is 3. The van der Waals surface area contributed by atoms with Gasteiger partial charge >= 0.3 is 5.69 Å². The molecule has 3 rings (SSSR count). The Balaban J connectivity index is 1.75. The van der Waals surface area contributed by atoms with Gasteiger partial charge in [0.15, 0.2) is 18.1 Å². The number of aliphatic hydroxyl groups is 5. The molecule has 6 N–H and O–H groups in total. The number of rotatable bonds is 6. The van der Waals surface area contributed by atoms with E-state index in [0.29, 0.717) is 0 Å². The summed E-state index contributed by atoms with van der Waals surface area (Å²) in [5, 5.41) is 49.4. The van der Waals surface area contributed by atoms with E-state index >= 15 is 0 Å². The third-order valence-corrected chi connectivity index (χ3v) is 4.84. The van der Waals surface area contributed by atoms with Crippen LogP contribution in [0.2, 0.25) is 0 Å². The average molecular weight is 408 g/mol. The number of halogens is 1. The summed E-state index contributed by atoms with van der Waals surface area (Å²) in [7, 11) is 0. The molecule has 0 saturated carbocycles. The monoisotopic (exact) mass is 408 g/mol. The molecule has 158 valence electrons. The number of hydrogen-bond donors (Lipinski definition) is 6. The molecule has 0 radical (unpaired) electrons. The van der Waals surface area contributed by atoms with Crippen molar-refractivity contribution in [3.8, 4) is 0 Å². The molecule has 0 bridgehead atoms. The number of aromatic nitrogens is 2. The van der Waals surface area contributed by atoms with Gasteiger partial charge in [0.25, 0.3) is 5.56 Å². The Labute approximate surface area is 156 Å². The summed E-state index contributed by atoms with van der Waals surface area (Å²) < 4.78 is 30.0. The fourth-order valence-electron chi connectivity index (χ4n) is 3.21. The van der Waals surface area contributed by atoms with Gasteiger partial charge in [-0.1, -0.05) is 0 Å². The van der Waals surface area contributed by atoms with Crippen molar-refractivity contribution in [2.24, 2.45) is 0 Å². The molecule has 13 heteroatoms. The van der Waals surface area contributed by atoms with Crippen LogP contribution in [0, 0.1) is 0 Å². The number of nitrogens with one attached hydrogen (secondary N) is 1. The highest BCUT2D eigenvalue weighted by Crippen LogP contribution is 2.38. The Morgan fingerprint density at radius 1 is 1.21 bits per heavy atom. The minimum atomic E-state index is -2.52. The first-order valence-corrected chi connectivity index (χ1v) is 8.40. The highest BCUT2D eigenvalue weighted by Gasteiger charge is 2.57. The Hall–Kier alpha value is -1.71. The van der Waals surface area contributed by atoms with Gasteiger partial charge in [0, 0.05) is 12.3 Å². The number of aromatic amines is 1. The Kier molecular flexibility index (Phi) is 5.97. The van der Waals surface area contributed by atoms with Gasteiger partial charge in [-0.3, -0.25) is 14.3 Å². The zero-order valence-corrected chi connectivity index (χ0v) is 14.4. The van der Waals surface area contributed by atoms with Crippen LogP contribution in [0.1, 0.15) is 6.23 Å². The molecule has 2 aliphatic heterocycles. The quantitative estimate of drug-likeness (QED) is 0.271. The van der Waals surface area contributed by atoms with Crippen LogP contribution in [0.25, 0.3) is 0 Å². The summed E-state index contributed by atoms with van der Waals surface area (Å²) in [5.41, 5.74) is -4.22. The van der Waals surface area contributed by atoms with Crippen molar-refractivity contribution >= 4 is 0 Å². The molecule has 0 aromatic carbocycles. The molecular weight excluding hydrogens is 387 g/mol. The molecule has 8 atom stereocenters. The summed E-state index contributed by atoms with van der Waals surface area (Å²) in [6.45, 7) is -2.56. The predicted octanol–water partition coefficient (Wildman–Crippen LogP) is -4.05. The first kappa shape index (κ1) is 21.0. The number of alkyl halides is 1. The average Bonchev–Trinajstić information content (AvgIpc) is 3.09. The fourth-order valence-corrected chi connectivity index (χ4v) is 3.21. The second kappa shape index (κ2) is 7.96. The van der Waals surface area contributed by atoms with E-state index in [2.05, 4.69) is 0 Å². The lowest BCUT2D eigenvalue weighted by molar-refractivity contribution is -0.190. The van der Waals surface area contributed by atoms with Crippen molar-refractivity contribution in [1.82, 2.24) is 9.55 Å². The Morgan fingerprint density at radius 3 is 2.50 bits per heavy atom. The third-order valence-electron chi connectivity index (χ3n) is 4.84. The van der Waals surface area contributed by atoms with E-state index in [-0.39, 0.29) is 0 Å². The highest BCUT2D eigenvalue weighted by atomic mass is 19.1. The standard InChI is InChI=1S/C15H21FN2O10/c16-5-15(25)11(23)7(4-26-12-10(22)9(21)6(3-19)27-12)28-13(15)18-2-1-8(20)17-14(18)24/h1-2,6-7,9-13,19,21-23,25H,3-5H2,(H,17,20,24)/t6-,7+,9-,10+,11+,12-,13+,15+/m0/s1. The molecule has 2 saturated heterocycles. The second-order valence-corrected chi connectivity index (χ2v) is 6.65. The molecule has 2 aliphatic rings. The number of H-pyrrole nitrogens is 1. The number of nitrogens with zero attached hydrogens (tertiary/aromatic N) is 1. The minimum absolute atomic E-state index is 0.509. The van der Waals surface area contributed by atoms with Crippen molar-refractivity contribution in [3.05, 3.63) is 33.1 Å². The number of aliphatic hydroxyl groups excluding tert-OH is 4. The molecule has 1 aromatic heterocycles. The third kappa shape index (κ3) is 3.51. The van der Waals surface area contributed by atoms with Gasteiger partial charge in [-0.25, -0.2) is 9.18 Å². The van der Waals surface area contributed by atoms with Crippen LogP contribution < -0.4 is 11.2 Å². The van der Waals surface area contributed by atoms with Crippen LogP contribution in [-0.4, -0.2) is 97.4 Å². The van der Waals surface area contributed by atoms with Gasteiger partial charge in [-0.15, -0.1) is 0 Å². The smallest absolute Gasteiger partial charge is 0.330 e. The van der Waals surface area contributed by atoms with Gasteiger partial charge in [0.1, 0.15) is 37.2 Å². The van der Waals surface area contributed by atoms with E-state index in [1.165, 1.54) is 0 Å². The minimum Gasteiger partial charge on any atom is -0.394 e. The fraction of sp³-hybridized carbons (Fsp3) is 0.733. The van der Waals surface area contributed by atoms with E-state index < -0.39 is 79.8 Å². The molecule has 0 unspecified atom stereocenters. The van der Waals surface area contributed by atoms with E-state index in [0.717, 1.165) is 16.8 Å². The first-order chi connectivity index (χ1) is 13.2. The maximum Gasteiger partial charge on any atom is 0.330 e. The molecule has 12 nitrogen and oxygen atoms in total. The molecule has 1 aromatic rings. The van der Waals surface area contributed by atoms with Gasteiger partial charge < -0.3 is 39.7 Å². The first-order valence-electron chi connectivity index (χ1n) is 8.40. The lowest BCUT2D eigenvalue weighted by atomic mass is 9.95. The Bertz CT molecular complexity index is 802. The predicted molar refractivity (Wildman–Crippen MR) is 85.9 cm³/mol. The van der Waals surface area contributed by atoms with Crippen molar-refractivity contribution < 1.29 is 44.1 Å². The lowest BCUT2D eigenvalue weighted by Gasteiger charge is -2.28. The van der Waals surface area contributed by atoms with Crippen LogP contribution in [0.15, 0.2) is 21.9 Å². The van der Waals surface area contributed by atoms with Crippen LogP contribution in [0.3, 0.4) is 0 Å². The normalized spacial score (nSPS) is 40.9. The maximum absolute atomic E-state index is 13.6. The summed E-state index contributed by atoms with van der Waals surface area (Å²) in [4.78, 5) is 25.0. The van der Waals surface area contributed by atoms with Crippen molar-refractivity contribution in [2.45, 2.75) is 48.6 Å².